The van der Waals surface area contributed by atoms with E-state index in [-0.39, 0.29) is 5.28 Å². The van der Waals surface area contributed by atoms with Gasteiger partial charge >= 0.3 is 0 Å². The van der Waals surface area contributed by atoms with E-state index >= 15 is 0 Å². The van der Waals surface area contributed by atoms with Gasteiger partial charge < -0.3 is 5.32 Å². The van der Waals surface area contributed by atoms with Crippen LogP contribution in [0.5, 0.6) is 0 Å². The van der Waals surface area contributed by atoms with Crippen LogP contribution in [0.4, 0.5) is 11.5 Å². The standard InChI is InChI=1S/C14H12ClN3S2/c1-8-7-9-12(17-14(15)18-13(9)20-8)16-10-5-3-4-6-11(10)19-2/h3-7H,1-2H3,(H,16,17,18). The molecule has 3 aromatic rings. The molecule has 0 aliphatic heterocycles. The average molecular weight is 322 g/mol. The van der Waals surface area contributed by atoms with Crippen LogP contribution in [0.25, 0.3) is 10.2 Å². The van der Waals surface area contributed by atoms with Gasteiger partial charge in [0.05, 0.1) is 11.1 Å². The third-order valence-electron chi connectivity index (χ3n) is 2.85. The molecule has 102 valence electrons. The number of halogens is 1. The Morgan fingerprint density at radius 3 is 2.85 bits per heavy atom. The summed E-state index contributed by atoms with van der Waals surface area (Å²) in [6.45, 7) is 2.06. The number of hydrogen-bond donors (Lipinski definition) is 1. The van der Waals surface area contributed by atoms with E-state index in [0.717, 1.165) is 21.7 Å². The van der Waals surface area contributed by atoms with Crippen molar-refractivity contribution >= 4 is 56.4 Å². The quantitative estimate of drug-likeness (QED) is 0.537. The Balaban J connectivity index is 2.10. The fraction of sp³-hybridized carbons (Fsp3) is 0.143. The first-order chi connectivity index (χ1) is 9.67. The van der Waals surface area contributed by atoms with Gasteiger partial charge in [-0.05, 0) is 43.0 Å². The molecular weight excluding hydrogens is 310 g/mol. The lowest BCUT2D eigenvalue weighted by Gasteiger charge is -2.10. The van der Waals surface area contributed by atoms with Crippen molar-refractivity contribution in [3.05, 3.63) is 40.5 Å². The van der Waals surface area contributed by atoms with Gasteiger partial charge in [-0.25, -0.2) is 4.98 Å². The summed E-state index contributed by atoms with van der Waals surface area (Å²) in [6.07, 6.45) is 2.05. The highest BCUT2D eigenvalue weighted by Crippen LogP contribution is 2.33. The molecule has 0 unspecified atom stereocenters. The van der Waals surface area contributed by atoms with Crippen LogP contribution in [0.3, 0.4) is 0 Å². The summed E-state index contributed by atoms with van der Waals surface area (Å²) in [5.74, 6) is 0.755. The van der Waals surface area contributed by atoms with Gasteiger partial charge in [0.1, 0.15) is 10.6 Å². The van der Waals surface area contributed by atoms with E-state index in [2.05, 4.69) is 40.6 Å². The molecule has 0 spiro atoms. The Labute approximate surface area is 130 Å². The number of benzene rings is 1. The summed E-state index contributed by atoms with van der Waals surface area (Å²) in [5, 5.41) is 4.65. The van der Waals surface area contributed by atoms with Crippen LogP contribution < -0.4 is 5.32 Å². The van der Waals surface area contributed by atoms with E-state index in [1.54, 1.807) is 23.1 Å². The summed E-state index contributed by atoms with van der Waals surface area (Å²) in [5.41, 5.74) is 1.03. The molecule has 0 atom stereocenters. The number of para-hydroxylation sites is 1. The molecule has 3 rings (SSSR count). The van der Waals surface area contributed by atoms with Crippen molar-refractivity contribution in [3.63, 3.8) is 0 Å². The normalized spacial score (nSPS) is 10.9. The predicted octanol–water partition coefficient (Wildman–Crippen LogP) is 5.12. The zero-order valence-corrected chi connectivity index (χ0v) is 13.4. The number of hydrogen-bond acceptors (Lipinski definition) is 5. The molecule has 2 heterocycles. The second kappa shape index (κ2) is 5.60. The lowest BCUT2D eigenvalue weighted by Crippen LogP contribution is -1.97. The molecule has 6 heteroatoms. The second-order valence-corrected chi connectivity index (χ2v) is 6.66. The van der Waals surface area contributed by atoms with Gasteiger partial charge in [0.2, 0.25) is 5.28 Å². The van der Waals surface area contributed by atoms with Gasteiger partial charge in [-0.3, -0.25) is 0 Å². The molecule has 20 heavy (non-hydrogen) atoms. The molecule has 1 N–H and O–H groups in total. The topological polar surface area (TPSA) is 37.8 Å². The Morgan fingerprint density at radius 1 is 1.25 bits per heavy atom. The van der Waals surface area contributed by atoms with Crippen molar-refractivity contribution in [2.75, 3.05) is 11.6 Å². The fourth-order valence-corrected chi connectivity index (χ4v) is 3.64. The highest BCUT2D eigenvalue weighted by atomic mass is 35.5. The third-order valence-corrected chi connectivity index (χ3v) is 4.76. The van der Waals surface area contributed by atoms with E-state index in [0.29, 0.717) is 0 Å². The number of nitrogens with one attached hydrogen (secondary N) is 1. The lowest BCUT2D eigenvalue weighted by atomic mass is 10.3. The highest BCUT2D eigenvalue weighted by molar-refractivity contribution is 7.98. The van der Waals surface area contributed by atoms with Gasteiger partial charge in [0.15, 0.2) is 0 Å². The van der Waals surface area contributed by atoms with Crippen molar-refractivity contribution in [3.8, 4) is 0 Å². The number of rotatable bonds is 3. The average Bonchev–Trinajstić information content (AvgIpc) is 2.79. The molecule has 0 saturated heterocycles. The molecule has 0 radical (unpaired) electrons. The maximum atomic E-state index is 6.01. The fourth-order valence-electron chi connectivity index (χ4n) is 1.99. The number of nitrogens with zero attached hydrogens (tertiary/aromatic N) is 2. The van der Waals surface area contributed by atoms with Crippen LogP contribution in [-0.4, -0.2) is 16.2 Å². The van der Waals surface area contributed by atoms with Crippen molar-refractivity contribution in [1.82, 2.24) is 9.97 Å². The van der Waals surface area contributed by atoms with Gasteiger partial charge in [0.25, 0.3) is 0 Å². The molecule has 0 aliphatic carbocycles. The number of thioether (sulfide) groups is 1. The van der Waals surface area contributed by atoms with Gasteiger partial charge in [-0.2, -0.15) is 4.98 Å². The SMILES string of the molecule is CSc1ccccc1Nc1nc(Cl)nc2sc(C)cc12. The highest BCUT2D eigenvalue weighted by Gasteiger charge is 2.11. The maximum absolute atomic E-state index is 6.01. The number of aryl methyl sites for hydroxylation is 1. The monoisotopic (exact) mass is 321 g/mol. The first kappa shape index (κ1) is 13.7. The lowest BCUT2D eigenvalue weighted by molar-refractivity contribution is 1.22. The minimum Gasteiger partial charge on any atom is -0.339 e. The van der Waals surface area contributed by atoms with Crippen LogP contribution in [-0.2, 0) is 0 Å². The van der Waals surface area contributed by atoms with E-state index in [1.807, 2.05) is 18.2 Å². The smallest absolute Gasteiger partial charge is 0.225 e. The molecule has 0 bridgehead atoms. The summed E-state index contributed by atoms with van der Waals surface area (Å²) in [4.78, 5) is 11.9. The van der Waals surface area contributed by atoms with E-state index in [1.165, 1.54) is 9.77 Å². The van der Waals surface area contributed by atoms with Crippen molar-refractivity contribution in [1.29, 1.82) is 0 Å². The van der Waals surface area contributed by atoms with Crippen molar-refractivity contribution in [2.45, 2.75) is 11.8 Å². The minimum absolute atomic E-state index is 0.267. The minimum atomic E-state index is 0.267. The first-order valence-electron chi connectivity index (χ1n) is 6.01. The molecule has 2 aromatic heterocycles. The number of fused-ring (bicyclic) bond motifs is 1. The summed E-state index contributed by atoms with van der Waals surface area (Å²) in [7, 11) is 0. The van der Waals surface area contributed by atoms with Crippen molar-refractivity contribution < 1.29 is 0 Å². The Kier molecular flexibility index (Phi) is 3.83. The van der Waals surface area contributed by atoms with Crippen LogP contribution >= 0.6 is 34.7 Å². The van der Waals surface area contributed by atoms with E-state index in [9.17, 15) is 0 Å². The number of thiophene rings is 1. The zero-order chi connectivity index (χ0) is 14.1. The Hall–Kier alpha value is -1.30. The Morgan fingerprint density at radius 2 is 2.05 bits per heavy atom. The molecule has 0 fully saturated rings. The predicted molar refractivity (Wildman–Crippen MR) is 88.7 cm³/mol. The van der Waals surface area contributed by atoms with Crippen LogP contribution in [0.15, 0.2) is 35.2 Å². The summed E-state index contributed by atoms with van der Waals surface area (Å²) >= 11 is 9.33. The maximum Gasteiger partial charge on any atom is 0.225 e. The van der Waals surface area contributed by atoms with Crippen molar-refractivity contribution in [2.24, 2.45) is 0 Å². The van der Waals surface area contributed by atoms with Gasteiger partial charge in [-0.1, -0.05) is 12.1 Å². The molecule has 0 aliphatic rings. The third kappa shape index (κ3) is 2.61. The summed E-state index contributed by atoms with van der Waals surface area (Å²) in [6, 6.07) is 10.2. The van der Waals surface area contributed by atoms with Crippen LogP contribution in [0.2, 0.25) is 5.28 Å². The Bertz CT molecular complexity index is 770. The zero-order valence-electron chi connectivity index (χ0n) is 11.0. The second-order valence-electron chi connectivity index (χ2n) is 4.24. The van der Waals surface area contributed by atoms with Crippen LogP contribution in [0.1, 0.15) is 4.88 Å². The number of aromatic nitrogens is 2. The molecular formula is C14H12ClN3S2. The summed E-state index contributed by atoms with van der Waals surface area (Å²) < 4.78 is 0. The first-order valence-corrected chi connectivity index (χ1v) is 8.43. The van der Waals surface area contributed by atoms with E-state index < -0.39 is 0 Å². The largest absolute Gasteiger partial charge is 0.339 e. The van der Waals surface area contributed by atoms with Crippen LogP contribution in [0, 0.1) is 6.92 Å². The number of anilines is 2. The van der Waals surface area contributed by atoms with Gasteiger partial charge in [-0.15, -0.1) is 23.1 Å². The molecule has 1 aromatic carbocycles. The molecule has 0 saturated carbocycles. The molecule has 0 amide bonds. The molecule has 3 nitrogen and oxygen atoms in total. The van der Waals surface area contributed by atoms with Gasteiger partial charge in [0, 0.05) is 9.77 Å². The van der Waals surface area contributed by atoms with E-state index in [4.69, 9.17) is 11.6 Å².